The summed E-state index contributed by atoms with van der Waals surface area (Å²) in [7, 11) is 2.72. The quantitative estimate of drug-likeness (QED) is 0.316. The molecule has 2 atom stereocenters. The molecule has 0 saturated carbocycles. The lowest BCUT2D eigenvalue weighted by atomic mass is 9.89. The molecule has 0 aliphatic carbocycles. The highest BCUT2D eigenvalue weighted by molar-refractivity contribution is 5.82. The number of hydrogen-bond donors (Lipinski definition) is 2. The Hall–Kier alpha value is -3.80. The molecule has 0 saturated heterocycles. The molecule has 1 aromatic heterocycles. The number of aromatic nitrogens is 1. The first kappa shape index (κ1) is 28.8. The van der Waals surface area contributed by atoms with Crippen molar-refractivity contribution in [1.29, 1.82) is 0 Å². The summed E-state index contributed by atoms with van der Waals surface area (Å²) in [5.74, 6) is -1.60. The zero-order valence-corrected chi connectivity index (χ0v) is 20.4. The number of nitrogens with one attached hydrogen (secondary N) is 2. The Labute approximate surface area is 215 Å². The maximum absolute atomic E-state index is 13.4. The number of carbonyl (C=O) groups is 1. The third kappa shape index (κ3) is 7.37. The van der Waals surface area contributed by atoms with E-state index in [0.717, 1.165) is 12.3 Å². The fourth-order valence-corrected chi connectivity index (χ4v) is 3.93. The van der Waals surface area contributed by atoms with Crippen LogP contribution in [0.15, 0.2) is 60.8 Å². The molecular weight excluding hydrogens is 516 g/mol. The topological polar surface area (TPSA) is 72.5 Å². The van der Waals surface area contributed by atoms with E-state index in [0.29, 0.717) is 16.7 Å². The number of carbonyl (C=O) groups excluding carboxylic acids is 1. The van der Waals surface area contributed by atoms with E-state index in [2.05, 4.69) is 20.4 Å². The number of halogens is 6. The lowest BCUT2D eigenvalue weighted by Gasteiger charge is -2.23. The first-order chi connectivity index (χ1) is 18.0. The van der Waals surface area contributed by atoms with Crippen LogP contribution in [-0.2, 0) is 11.0 Å². The van der Waals surface area contributed by atoms with Crippen LogP contribution < -0.4 is 20.1 Å². The van der Waals surface area contributed by atoms with E-state index in [9.17, 15) is 31.1 Å². The molecule has 0 radical (unpaired) electrons. The minimum Gasteiger partial charge on any atom is -0.493 e. The molecular formula is C26H25F6N3O3. The van der Waals surface area contributed by atoms with Crippen LogP contribution in [0.2, 0.25) is 0 Å². The smallest absolute Gasteiger partial charge is 0.433 e. The molecule has 0 bridgehead atoms. The number of ether oxygens (including phenoxy) is 2. The Kier molecular flexibility index (Phi) is 9.56. The standard InChI is InChI=1S/C26H25F6N3O3/c1-33-24(36)23(15-3-7-18(27)8-4-15)34-12-11-19(17-6-10-22(35-14-17)26(30,31)32)16-5-9-20(38-25(28)29)21(13-16)37-2/h3-10,13-14,19,23,25,34H,11-12H2,1-2H3,(H,33,36)/t19-,23-/m1/s1. The number of alkyl halides is 5. The van der Waals surface area contributed by atoms with Crippen molar-refractivity contribution < 1.29 is 40.6 Å². The Morgan fingerprint density at radius 3 is 2.18 bits per heavy atom. The number of benzene rings is 2. The fraction of sp³-hybridized carbons (Fsp3) is 0.308. The predicted molar refractivity (Wildman–Crippen MR) is 127 cm³/mol. The summed E-state index contributed by atoms with van der Waals surface area (Å²) in [5.41, 5.74) is 0.397. The molecule has 1 amide bonds. The second-order valence-corrected chi connectivity index (χ2v) is 8.16. The lowest BCUT2D eigenvalue weighted by molar-refractivity contribution is -0.141. The summed E-state index contributed by atoms with van der Waals surface area (Å²) in [6.07, 6.45) is -3.26. The minimum absolute atomic E-state index is 0.00943. The molecule has 1 heterocycles. The molecule has 2 N–H and O–H groups in total. The second-order valence-electron chi connectivity index (χ2n) is 8.16. The van der Waals surface area contributed by atoms with Crippen LogP contribution in [0, 0.1) is 5.82 Å². The van der Waals surface area contributed by atoms with Crippen LogP contribution in [0.4, 0.5) is 26.3 Å². The van der Waals surface area contributed by atoms with Gasteiger partial charge in [0.05, 0.1) is 7.11 Å². The van der Waals surface area contributed by atoms with Gasteiger partial charge in [-0.05, 0) is 60.0 Å². The monoisotopic (exact) mass is 541 g/mol. The molecule has 0 aliphatic rings. The molecule has 6 nitrogen and oxygen atoms in total. The van der Waals surface area contributed by atoms with Crippen molar-refractivity contribution in [3.05, 3.63) is 89.0 Å². The maximum Gasteiger partial charge on any atom is 0.433 e. The van der Waals surface area contributed by atoms with E-state index in [-0.39, 0.29) is 30.4 Å². The number of methoxy groups -OCH3 is 1. The number of hydrogen-bond acceptors (Lipinski definition) is 5. The van der Waals surface area contributed by atoms with E-state index >= 15 is 0 Å². The largest absolute Gasteiger partial charge is 0.493 e. The van der Waals surface area contributed by atoms with Crippen LogP contribution in [0.1, 0.15) is 40.8 Å². The Morgan fingerprint density at radius 1 is 0.974 bits per heavy atom. The SMILES string of the molecule is CNC(=O)[C@H](NCC[C@@H](c1ccc(C(F)(F)F)nc1)c1ccc(OC(F)F)c(OC)c1)c1ccc(F)cc1. The summed E-state index contributed by atoms with van der Waals surface area (Å²) >= 11 is 0. The van der Waals surface area contributed by atoms with Gasteiger partial charge < -0.3 is 20.1 Å². The van der Waals surface area contributed by atoms with Crippen LogP contribution in [0.25, 0.3) is 0 Å². The predicted octanol–water partition coefficient (Wildman–Crippen LogP) is 5.45. The van der Waals surface area contributed by atoms with Gasteiger partial charge in [0.15, 0.2) is 11.5 Å². The highest BCUT2D eigenvalue weighted by Gasteiger charge is 2.32. The first-order valence-electron chi connectivity index (χ1n) is 11.4. The van der Waals surface area contributed by atoms with Crippen LogP contribution in [0.5, 0.6) is 11.5 Å². The van der Waals surface area contributed by atoms with E-state index < -0.39 is 36.3 Å². The highest BCUT2D eigenvalue weighted by atomic mass is 19.4. The number of amides is 1. The molecule has 0 unspecified atom stereocenters. The van der Waals surface area contributed by atoms with Crippen LogP contribution in [-0.4, -0.2) is 38.2 Å². The third-order valence-electron chi connectivity index (χ3n) is 5.78. The summed E-state index contributed by atoms with van der Waals surface area (Å²) in [4.78, 5) is 16.0. The van der Waals surface area contributed by atoms with Gasteiger partial charge in [0.1, 0.15) is 17.6 Å². The van der Waals surface area contributed by atoms with Gasteiger partial charge in [0, 0.05) is 19.2 Å². The van der Waals surface area contributed by atoms with Gasteiger partial charge in [0.2, 0.25) is 5.91 Å². The fourth-order valence-electron chi connectivity index (χ4n) is 3.93. The van der Waals surface area contributed by atoms with Gasteiger partial charge in [-0.2, -0.15) is 22.0 Å². The van der Waals surface area contributed by atoms with Crippen LogP contribution in [0.3, 0.4) is 0 Å². The van der Waals surface area contributed by atoms with Gasteiger partial charge in [-0.25, -0.2) is 4.39 Å². The number of pyridine rings is 1. The molecule has 38 heavy (non-hydrogen) atoms. The maximum atomic E-state index is 13.4. The van der Waals surface area contributed by atoms with E-state index in [1.807, 2.05) is 0 Å². The van der Waals surface area contributed by atoms with Gasteiger partial charge >= 0.3 is 12.8 Å². The lowest BCUT2D eigenvalue weighted by Crippen LogP contribution is -2.36. The minimum atomic E-state index is -4.62. The second kappa shape index (κ2) is 12.6. The summed E-state index contributed by atoms with van der Waals surface area (Å²) < 4.78 is 87.7. The average molecular weight is 541 g/mol. The van der Waals surface area contributed by atoms with Crippen molar-refractivity contribution in [3.63, 3.8) is 0 Å². The first-order valence-corrected chi connectivity index (χ1v) is 11.4. The van der Waals surface area contributed by atoms with E-state index in [4.69, 9.17) is 4.74 Å². The average Bonchev–Trinajstić information content (AvgIpc) is 2.89. The Morgan fingerprint density at radius 2 is 1.63 bits per heavy atom. The Balaban J connectivity index is 1.91. The zero-order chi connectivity index (χ0) is 27.9. The summed E-state index contributed by atoms with van der Waals surface area (Å²) in [6, 6.07) is 10.9. The summed E-state index contributed by atoms with van der Waals surface area (Å²) in [5, 5.41) is 5.62. The third-order valence-corrected chi connectivity index (χ3v) is 5.78. The van der Waals surface area contributed by atoms with Crippen LogP contribution >= 0.6 is 0 Å². The zero-order valence-electron chi connectivity index (χ0n) is 20.4. The van der Waals surface area contributed by atoms with Gasteiger partial charge in [-0.3, -0.25) is 9.78 Å². The van der Waals surface area contributed by atoms with Crippen molar-refractivity contribution in [2.24, 2.45) is 0 Å². The van der Waals surface area contributed by atoms with E-state index in [1.165, 1.54) is 62.7 Å². The number of nitrogens with zero attached hydrogens (tertiary/aromatic N) is 1. The van der Waals surface area contributed by atoms with Gasteiger partial charge in [-0.15, -0.1) is 0 Å². The molecule has 0 aliphatic heterocycles. The molecule has 3 aromatic rings. The number of rotatable bonds is 11. The molecule has 204 valence electrons. The van der Waals surface area contributed by atoms with Crippen molar-refractivity contribution in [3.8, 4) is 11.5 Å². The normalized spacial score (nSPS) is 13.2. The van der Waals surface area contributed by atoms with Crippen molar-refractivity contribution >= 4 is 5.91 Å². The van der Waals surface area contributed by atoms with Crippen molar-refractivity contribution in [2.45, 2.75) is 31.2 Å². The highest BCUT2D eigenvalue weighted by Crippen LogP contribution is 2.36. The molecule has 2 aromatic carbocycles. The van der Waals surface area contributed by atoms with Crippen molar-refractivity contribution in [1.82, 2.24) is 15.6 Å². The molecule has 12 heteroatoms. The number of likely N-dealkylation sites (N-methyl/N-ethyl adjacent to an activating group) is 1. The molecule has 0 fully saturated rings. The Bertz CT molecular complexity index is 1200. The van der Waals surface area contributed by atoms with Gasteiger partial charge in [0.25, 0.3) is 0 Å². The van der Waals surface area contributed by atoms with Gasteiger partial charge in [-0.1, -0.05) is 24.3 Å². The molecule has 3 rings (SSSR count). The van der Waals surface area contributed by atoms with Crippen molar-refractivity contribution in [2.75, 3.05) is 20.7 Å². The summed E-state index contributed by atoms with van der Waals surface area (Å²) in [6.45, 7) is -2.89. The van der Waals surface area contributed by atoms with E-state index in [1.54, 1.807) is 0 Å². The molecule has 0 spiro atoms.